The van der Waals surface area contributed by atoms with Gasteiger partial charge in [-0.3, -0.25) is 4.18 Å². The first kappa shape index (κ1) is 33.0. The van der Waals surface area contributed by atoms with E-state index in [1.54, 1.807) is 44.2 Å². The number of sulfonamides is 1. The van der Waals surface area contributed by atoms with Gasteiger partial charge in [-0.15, -0.1) is 0 Å². The van der Waals surface area contributed by atoms with E-state index in [4.69, 9.17) is 13.4 Å². The highest BCUT2D eigenvalue weighted by Crippen LogP contribution is 2.36. The lowest BCUT2D eigenvalue weighted by atomic mass is 9.94. The van der Waals surface area contributed by atoms with Crippen LogP contribution in [-0.4, -0.2) is 48.8 Å². The molecule has 9 nitrogen and oxygen atoms in total. The Hall–Kier alpha value is -2.51. The van der Waals surface area contributed by atoms with Gasteiger partial charge in [-0.1, -0.05) is 74.5 Å². The fourth-order valence-electron chi connectivity index (χ4n) is 4.08. The number of aromatic nitrogens is 1. The Bertz CT molecular complexity index is 1560. The van der Waals surface area contributed by atoms with E-state index in [0.29, 0.717) is 28.8 Å². The van der Waals surface area contributed by atoms with E-state index in [1.807, 2.05) is 19.1 Å². The van der Waals surface area contributed by atoms with Gasteiger partial charge in [0.05, 0.1) is 31.5 Å². The van der Waals surface area contributed by atoms with Crippen LogP contribution in [0.5, 0.6) is 0 Å². The van der Waals surface area contributed by atoms with E-state index in [0.717, 1.165) is 34.5 Å². The number of rotatable bonds is 14. The molecule has 3 aromatic rings. The number of hydrogen-bond donors (Lipinski definition) is 0. The third kappa shape index (κ3) is 8.28. The molecule has 0 fully saturated rings. The SMILES string of the molecule is CCCCc1cc(COS(C)(=O)=O)ccc1-c1ccccc1S(=O)(=O)N(COC(C)[Si](C)(C)C)c1onc(C)c1C. The third-order valence-corrected chi connectivity index (χ3v) is 12.1. The molecule has 3 rings (SSSR count). The van der Waals surface area contributed by atoms with Gasteiger partial charge in [0.15, 0.2) is 0 Å². The van der Waals surface area contributed by atoms with Gasteiger partial charge in [0, 0.05) is 16.9 Å². The first-order valence-corrected chi connectivity index (χ1v) is 20.5. The van der Waals surface area contributed by atoms with Crippen molar-refractivity contribution in [2.75, 3.05) is 17.3 Å². The molecular weight excluding hydrogens is 581 g/mol. The van der Waals surface area contributed by atoms with Gasteiger partial charge >= 0.3 is 0 Å². The average Bonchev–Trinajstić information content (AvgIpc) is 3.22. The highest BCUT2D eigenvalue weighted by atomic mass is 32.2. The molecule has 0 aliphatic carbocycles. The highest BCUT2D eigenvalue weighted by molar-refractivity contribution is 7.93. The summed E-state index contributed by atoms with van der Waals surface area (Å²) in [6.45, 7) is 13.8. The summed E-state index contributed by atoms with van der Waals surface area (Å²) in [5, 5.41) is 4.01. The Morgan fingerprint density at radius 3 is 2.29 bits per heavy atom. The van der Waals surface area contributed by atoms with E-state index in [2.05, 4.69) is 31.7 Å². The molecule has 41 heavy (non-hydrogen) atoms. The maximum Gasteiger partial charge on any atom is 0.269 e. The maximum absolute atomic E-state index is 14.4. The molecule has 0 radical (unpaired) electrons. The molecule has 0 saturated carbocycles. The van der Waals surface area contributed by atoms with Crippen LogP contribution in [0.2, 0.25) is 19.6 Å². The average molecular weight is 623 g/mol. The van der Waals surface area contributed by atoms with Gasteiger partial charge in [0.25, 0.3) is 20.1 Å². The number of ether oxygens (including phenoxy) is 1. The smallest absolute Gasteiger partial charge is 0.269 e. The summed E-state index contributed by atoms with van der Waals surface area (Å²) < 4.78 is 69.8. The van der Waals surface area contributed by atoms with Gasteiger partial charge in [-0.05, 0) is 56.4 Å². The molecule has 0 N–H and O–H groups in total. The van der Waals surface area contributed by atoms with Crippen molar-refractivity contribution >= 4 is 34.1 Å². The zero-order chi connectivity index (χ0) is 30.6. The summed E-state index contributed by atoms with van der Waals surface area (Å²) in [7, 11) is -9.50. The summed E-state index contributed by atoms with van der Waals surface area (Å²) >= 11 is 0. The van der Waals surface area contributed by atoms with Crippen LogP contribution in [0.25, 0.3) is 11.1 Å². The number of benzene rings is 2. The van der Waals surface area contributed by atoms with E-state index >= 15 is 0 Å². The summed E-state index contributed by atoms with van der Waals surface area (Å²) in [4.78, 5) is 0.107. The summed E-state index contributed by atoms with van der Waals surface area (Å²) in [5.74, 6) is 0.125. The first-order chi connectivity index (χ1) is 19.1. The van der Waals surface area contributed by atoms with Gasteiger partial charge < -0.3 is 9.26 Å². The largest absolute Gasteiger partial charge is 0.360 e. The highest BCUT2D eigenvalue weighted by Gasteiger charge is 2.34. The lowest BCUT2D eigenvalue weighted by molar-refractivity contribution is 0.117. The predicted molar refractivity (Wildman–Crippen MR) is 165 cm³/mol. The lowest BCUT2D eigenvalue weighted by Gasteiger charge is -2.29. The molecule has 1 unspecified atom stereocenters. The van der Waals surface area contributed by atoms with Crippen LogP contribution in [0, 0.1) is 13.8 Å². The van der Waals surface area contributed by atoms with Crippen molar-refractivity contribution in [2.24, 2.45) is 0 Å². The van der Waals surface area contributed by atoms with Gasteiger partial charge in [-0.25, -0.2) is 12.7 Å². The molecule has 0 spiro atoms. The normalized spacial score (nSPS) is 13.4. The van der Waals surface area contributed by atoms with E-state index in [9.17, 15) is 16.8 Å². The minimum atomic E-state index is -4.17. The van der Waals surface area contributed by atoms with Crippen LogP contribution in [0.4, 0.5) is 5.88 Å². The van der Waals surface area contributed by atoms with Crippen LogP contribution in [0.15, 0.2) is 51.9 Å². The Morgan fingerprint density at radius 2 is 1.71 bits per heavy atom. The fraction of sp³-hybridized carbons (Fsp3) is 0.483. The van der Waals surface area contributed by atoms with Crippen molar-refractivity contribution in [3.05, 3.63) is 64.8 Å². The number of unbranched alkanes of at least 4 members (excludes halogenated alkanes) is 1. The van der Waals surface area contributed by atoms with Crippen LogP contribution in [0.3, 0.4) is 0 Å². The number of anilines is 1. The van der Waals surface area contributed by atoms with E-state index in [1.165, 1.54) is 0 Å². The van der Waals surface area contributed by atoms with Gasteiger partial charge in [-0.2, -0.15) is 8.42 Å². The molecule has 2 aromatic carbocycles. The second-order valence-electron chi connectivity index (χ2n) is 11.4. The van der Waals surface area contributed by atoms with Crippen molar-refractivity contribution in [1.82, 2.24) is 5.16 Å². The molecule has 12 heteroatoms. The number of aryl methyl sites for hydroxylation is 2. The summed E-state index contributed by atoms with van der Waals surface area (Å²) in [6.07, 6.45) is 3.52. The standard InChI is InChI=1S/C29H42N2O7S2Si/c1-9-10-13-25-18-24(19-37-39(5,32)33)16-17-26(25)27-14-11-12-15-28(27)40(34,35)31(20-36-23(4)41(6,7)8)29-21(2)22(3)30-38-29/h11-12,14-18,23H,9-10,13,19-20H2,1-8H3. The molecule has 0 saturated heterocycles. The molecule has 0 aliphatic rings. The monoisotopic (exact) mass is 622 g/mol. The molecule has 0 bridgehead atoms. The van der Waals surface area contributed by atoms with Crippen LogP contribution in [-0.2, 0) is 42.1 Å². The molecule has 1 atom stereocenters. The van der Waals surface area contributed by atoms with E-state index in [-0.39, 0.29) is 29.8 Å². The third-order valence-electron chi connectivity index (χ3n) is 7.17. The maximum atomic E-state index is 14.4. The van der Waals surface area contributed by atoms with E-state index < -0.39 is 28.2 Å². The van der Waals surface area contributed by atoms with Crippen LogP contribution >= 0.6 is 0 Å². The minimum absolute atomic E-state index is 0.0945. The summed E-state index contributed by atoms with van der Waals surface area (Å²) in [6, 6.07) is 12.3. The quantitative estimate of drug-likeness (QED) is 0.118. The molecule has 1 aromatic heterocycles. The Kier molecular flexibility index (Phi) is 10.6. The van der Waals surface area contributed by atoms with Crippen molar-refractivity contribution in [2.45, 2.75) is 83.8 Å². The van der Waals surface area contributed by atoms with Gasteiger partial charge in [0.2, 0.25) is 5.88 Å². The number of nitrogens with zero attached hydrogens (tertiary/aromatic N) is 2. The Morgan fingerprint density at radius 1 is 1.02 bits per heavy atom. The first-order valence-electron chi connectivity index (χ1n) is 13.7. The second-order valence-corrected chi connectivity index (χ2v) is 20.4. The number of hydrogen-bond acceptors (Lipinski definition) is 8. The zero-order valence-corrected chi connectivity index (χ0v) is 27.9. The predicted octanol–water partition coefficient (Wildman–Crippen LogP) is 6.21. The molecule has 0 amide bonds. The Labute approximate surface area is 246 Å². The zero-order valence-electron chi connectivity index (χ0n) is 25.2. The van der Waals surface area contributed by atoms with Crippen molar-refractivity contribution in [3.8, 4) is 11.1 Å². The Balaban J connectivity index is 2.14. The summed E-state index contributed by atoms with van der Waals surface area (Å²) in [5.41, 5.74) is 3.99. The van der Waals surface area contributed by atoms with Crippen LogP contribution < -0.4 is 4.31 Å². The molecular formula is C29H42N2O7S2Si. The van der Waals surface area contributed by atoms with Crippen LogP contribution in [0.1, 0.15) is 49.1 Å². The minimum Gasteiger partial charge on any atom is -0.360 e. The topological polar surface area (TPSA) is 116 Å². The van der Waals surface area contributed by atoms with Crippen molar-refractivity contribution < 1.29 is 30.3 Å². The second kappa shape index (κ2) is 13.2. The fourth-order valence-corrected chi connectivity index (χ4v) is 6.54. The van der Waals surface area contributed by atoms with Crippen molar-refractivity contribution in [1.29, 1.82) is 0 Å². The van der Waals surface area contributed by atoms with Gasteiger partial charge in [0.1, 0.15) is 6.73 Å². The molecule has 226 valence electrons. The lowest BCUT2D eigenvalue weighted by Crippen LogP contribution is -2.42. The molecule has 0 aliphatic heterocycles. The molecule has 1 heterocycles. The van der Waals surface area contributed by atoms with Crippen molar-refractivity contribution in [3.63, 3.8) is 0 Å².